The summed E-state index contributed by atoms with van der Waals surface area (Å²) in [4.78, 5) is 11.2. The van der Waals surface area contributed by atoms with Crippen LogP contribution in [0.25, 0.3) is 0 Å². The maximum absolute atomic E-state index is 11.2. The average Bonchev–Trinajstić information content (AvgIpc) is 2.53. The summed E-state index contributed by atoms with van der Waals surface area (Å²) >= 11 is 0. The van der Waals surface area contributed by atoms with Gasteiger partial charge < -0.3 is 10.6 Å². The van der Waals surface area contributed by atoms with Crippen LogP contribution in [-0.4, -0.2) is 28.8 Å². The van der Waals surface area contributed by atoms with Crippen LogP contribution in [0.15, 0.2) is 6.20 Å². The van der Waals surface area contributed by atoms with Gasteiger partial charge in [0.25, 0.3) is 0 Å². The number of nitrogens with zero attached hydrogens (tertiary/aromatic N) is 2. The van der Waals surface area contributed by atoms with E-state index in [0.717, 1.165) is 12.2 Å². The van der Waals surface area contributed by atoms with Crippen molar-refractivity contribution in [3.63, 3.8) is 0 Å². The van der Waals surface area contributed by atoms with Gasteiger partial charge in [-0.05, 0) is 13.8 Å². The lowest BCUT2D eigenvalue weighted by atomic mass is 10.2. The fourth-order valence-electron chi connectivity index (χ4n) is 1.53. The molecule has 5 nitrogen and oxygen atoms in total. The molecule has 1 rings (SSSR count). The summed E-state index contributed by atoms with van der Waals surface area (Å²) < 4.78 is 1.80. The maximum Gasteiger partial charge on any atom is 0.221 e. The van der Waals surface area contributed by atoms with Gasteiger partial charge in [-0.15, -0.1) is 0 Å². The molecule has 0 aliphatic heterocycles. The zero-order valence-corrected chi connectivity index (χ0v) is 10.2. The van der Waals surface area contributed by atoms with Gasteiger partial charge in [0.15, 0.2) is 0 Å². The molecule has 2 N–H and O–H groups in total. The molecule has 0 spiro atoms. The van der Waals surface area contributed by atoms with E-state index in [9.17, 15) is 4.79 Å². The maximum atomic E-state index is 11.2. The summed E-state index contributed by atoms with van der Waals surface area (Å²) in [6.07, 6.45) is 2.52. The molecule has 0 aliphatic rings. The first-order valence-electron chi connectivity index (χ1n) is 5.60. The minimum absolute atomic E-state index is 0.0953. The highest BCUT2D eigenvalue weighted by Crippen LogP contribution is 2.03. The van der Waals surface area contributed by atoms with E-state index in [1.54, 1.807) is 4.68 Å². The van der Waals surface area contributed by atoms with Crippen molar-refractivity contribution < 1.29 is 4.79 Å². The number of hydrogen-bond donors (Lipinski definition) is 2. The van der Waals surface area contributed by atoms with Crippen molar-refractivity contribution >= 4 is 5.91 Å². The molecule has 0 bridgehead atoms. The van der Waals surface area contributed by atoms with Crippen molar-refractivity contribution in [1.29, 1.82) is 0 Å². The highest BCUT2D eigenvalue weighted by atomic mass is 16.1. The first kappa shape index (κ1) is 12.7. The highest BCUT2D eigenvalue weighted by Gasteiger charge is 2.03. The molecule has 1 amide bonds. The van der Waals surface area contributed by atoms with Crippen molar-refractivity contribution in [2.24, 2.45) is 7.05 Å². The van der Waals surface area contributed by atoms with Gasteiger partial charge in [0.05, 0.1) is 5.69 Å². The molecule has 0 radical (unpaired) electrons. The van der Waals surface area contributed by atoms with Crippen molar-refractivity contribution in [3.05, 3.63) is 17.5 Å². The summed E-state index contributed by atoms with van der Waals surface area (Å²) in [6, 6.07) is 0. The van der Waals surface area contributed by atoms with Crippen LogP contribution in [0, 0.1) is 6.92 Å². The molecule has 1 heterocycles. The largest absolute Gasteiger partial charge is 0.356 e. The van der Waals surface area contributed by atoms with Gasteiger partial charge >= 0.3 is 0 Å². The Morgan fingerprint density at radius 1 is 1.56 bits per heavy atom. The van der Waals surface area contributed by atoms with Gasteiger partial charge in [-0.25, -0.2) is 0 Å². The molecule has 0 unspecified atom stereocenters. The number of amides is 1. The quantitative estimate of drug-likeness (QED) is 0.685. The van der Waals surface area contributed by atoms with Crippen LogP contribution in [0.1, 0.15) is 24.6 Å². The zero-order chi connectivity index (χ0) is 12.0. The summed E-state index contributed by atoms with van der Waals surface area (Å²) in [5, 5.41) is 10.2. The monoisotopic (exact) mass is 224 g/mol. The lowest BCUT2D eigenvalue weighted by Crippen LogP contribution is -2.27. The van der Waals surface area contributed by atoms with Gasteiger partial charge in [0.2, 0.25) is 5.91 Å². The number of nitrogens with one attached hydrogen (secondary N) is 2. The number of hydrogen-bond acceptors (Lipinski definition) is 3. The van der Waals surface area contributed by atoms with E-state index in [1.807, 2.05) is 27.1 Å². The molecule has 0 fully saturated rings. The van der Waals surface area contributed by atoms with Gasteiger partial charge in [-0.3, -0.25) is 9.48 Å². The van der Waals surface area contributed by atoms with Crippen molar-refractivity contribution in [3.8, 4) is 0 Å². The van der Waals surface area contributed by atoms with E-state index >= 15 is 0 Å². The third-order valence-corrected chi connectivity index (χ3v) is 2.33. The fraction of sp³-hybridized carbons (Fsp3) is 0.636. The van der Waals surface area contributed by atoms with E-state index in [-0.39, 0.29) is 5.91 Å². The molecule has 1 aromatic heterocycles. The van der Waals surface area contributed by atoms with Gasteiger partial charge in [0, 0.05) is 44.9 Å². The summed E-state index contributed by atoms with van der Waals surface area (Å²) in [5.74, 6) is 0.0953. The van der Waals surface area contributed by atoms with Gasteiger partial charge in [-0.2, -0.15) is 5.10 Å². The normalized spacial score (nSPS) is 10.4. The van der Waals surface area contributed by atoms with Crippen molar-refractivity contribution in [1.82, 2.24) is 20.4 Å². The Morgan fingerprint density at radius 3 is 2.88 bits per heavy atom. The fourth-order valence-corrected chi connectivity index (χ4v) is 1.53. The molecular formula is C11H20N4O. The zero-order valence-electron chi connectivity index (χ0n) is 10.2. The summed E-state index contributed by atoms with van der Waals surface area (Å²) in [6.45, 7) is 6.06. The highest BCUT2D eigenvalue weighted by molar-refractivity contribution is 5.75. The molecule has 0 saturated heterocycles. The Labute approximate surface area is 96.2 Å². The Hall–Kier alpha value is -1.36. The first-order valence-corrected chi connectivity index (χ1v) is 5.60. The molecule has 0 aliphatic carbocycles. The standard InChI is InChI=1S/C11H20N4O/c1-4-13-11(16)5-6-12-7-10-8-15(3)14-9(10)2/h8,12H,4-7H2,1-3H3,(H,13,16). The molecule has 0 atom stereocenters. The number of carbonyl (C=O) groups is 1. The third kappa shape index (κ3) is 4.02. The summed E-state index contributed by atoms with van der Waals surface area (Å²) in [5.41, 5.74) is 2.21. The molecular weight excluding hydrogens is 204 g/mol. The van der Waals surface area contributed by atoms with E-state index in [0.29, 0.717) is 19.5 Å². The average molecular weight is 224 g/mol. The second-order valence-corrected chi connectivity index (χ2v) is 3.79. The molecule has 90 valence electrons. The van der Waals surface area contributed by atoms with E-state index < -0.39 is 0 Å². The van der Waals surface area contributed by atoms with Crippen LogP contribution in [0.3, 0.4) is 0 Å². The molecule has 5 heteroatoms. The van der Waals surface area contributed by atoms with E-state index in [1.165, 1.54) is 5.56 Å². The van der Waals surface area contributed by atoms with Crippen LogP contribution >= 0.6 is 0 Å². The Morgan fingerprint density at radius 2 is 2.31 bits per heavy atom. The van der Waals surface area contributed by atoms with Crippen LogP contribution in [0.4, 0.5) is 0 Å². The Kier molecular flexibility index (Phi) is 4.98. The number of aromatic nitrogens is 2. The predicted octanol–water partition coefficient (Wildman–Crippen LogP) is 0.344. The smallest absolute Gasteiger partial charge is 0.221 e. The third-order valence-electron chi connectivity index (χ3n) is 2.33. The second-order valence-electron chi connectivity index (χ2n) is 3.79. The topological polar surface area (TPSA) is 59.0 Å². The SMILES string of the molecule is CCNC(=O)CCNCc1cn(C)nc1C. The van der Waals surface area contributed by atoms with Crippen molar-refractivity contribution in [2.45, 2.75) is 26.8 Å². The van der Waals surface area contributed by atoms with E-state index in [2.05, 4.69) is 15.7 Å². The number of carbonyl (C=O) groups excluding carboxylic acids is 1. The lowest BCUT2D eigenvalue weighted by Gasteiger charge is -2.04. The molecule has 0 saturated carbocycles. The Balaban J connectivity index is 2.21. The molecule has 16 heavy (non-hydrogen) atoms. The first-order chi connectivity index (χ1) is 7.63. The van der Waals surface area contributed by atoms with Crippen LogP contribution < -0.4 is 10.6 Å². The van der Waals surface area contributed by atoms with Crippen LogP contribution in [-0.2, 0) is 18.4 Å². The van der Waals surface area contributed by atoms with E-state index in [4.69, 9.17) is 0 Å². The predicted molar refractivity (Wildman–Crippen MR) is 63.0 cm³/mol. The van der Waals surface area contributed by atoms with Gasteiger partial charge in [0.1, 0.15) is 0 Å². The van der Waals surface area contributed by atoms with Crippen molar-refractivity contribution in [2.75, 3.05) is 13.1 Å². The van der Waals surface area contributed by atoms with Crippen LogP contribution in [0.5, 0.6) is 0 Å². The number of aryl methyl sites for hydroxylation is 2. The number of rotatable bonds is 6. The molecule has 1 aromatic rings. The second kappa shape index (κ2) is 6.27. The minimum atomic E-state index is 0.0953. The van der Waals surface area contributed by atoms with Gasteiger partial charge in [-0.1, -0.05) is 0 Å². The minimum Gasteiger partial charge on any atom is -0.356 e. The lowest BCUT2D eigenvalue weighted by molar-refractivity contribution is -0.120. The summed E-state index contributed by atoms with van der Waals surface area (Å²) in [7, 11) is 1.91. The van der Waals surface area contributed by atoms with Crippen LogP contribution in [0.2, 0.25) is 0 Å². The Bertz CT molecular complexity index is 346. The molecule has 0 aromatic carbocycles.